The number of nitrogens with one attached hydrogen (secondary N) is 2. The van der Waals surface area contributed by atoms with E-state index in [1.165, 1.54) is 6.42 Å². The first-order chi connectivity index (χ1) is 10.7. The van der Waals surface area contributed by atoms with Crippen LogP contribution >= 0.6 is 11.8 Å². The number of carbonyl (C=O) groups is 1. The quantitative estimate of drug-likeness (QED) is 0.799. The van der Waals surface area contributed by atoms with Crippen molar-refractivity contribution >= 4 is 17.8 Å². The van der Waals surface area contributed by atoms with E-state index in [-0.39, 0.29) is 18.1 Å². The van der Waals surface area contributed by atoms with E-state index in [4.69, 9.17) is 0 Å². The molecule has 1 fully saturated rings. The molecule has 3 rings (SSSR count). The van der Waals surface area contributed by atoms with Gasteiger partial charge in [0.25, 0.3) is 0 Å². The molecule has 2 amide bonds. The Morgan fingerprint density at radius 3 is 2.95 bits per heavy atom. The van der Waals surface area contributed by atoms with Crippen molar-refractivity contribution in [2.24, 2.45) is 0 Å². The van der Waals surface area contributed by atoms with E-state index in [1.807, 2.05) is 36.0 Å². The Morgan fingerprint density at radius 1 is 1.32 bits per heavy atom. The first kappa shape index (κ1) is 15.7. The van der Waals surface area contributed by atoms with Gasteiger partial charge in [0, 0.05) is 17.7 Å². The highest BCUT2D eigenvalue weighted by Gasteiger charge is 2.33. The van der Waals surface area contributed by atoms with Crippen LogP contribution in [0, 0.1) is 0 Å². The van der Waals surface area contributed by atoms with Gasteiger partial charge in [-0.15, -0.1) is 0 Å². The van der Waals surface area contributed by atoms with Crippen molar-refractivity contribution in [3.8, 4) is 0 Å². The fourth-order valence-electron chi connectivity index (χ4n) is 3.57. The van der Waals surface area contributed by atoms with E-state index in [0.29, 0.717) is 11.7 Å². The number of aliphatic hydroxyl groups excluding tert-OH is 1. The number of thioether (sulfide) groups is 1. The molecule has 1 aromatic rings. The van der Waals surface area contributed by atoms with Crippen molar-refractivity contribution in [1.82, 2.24) is 10.6 Å². The maximum Gasteiger partial charge on any atom is 0.315 e. The van der Waals surface area contributed by atoms with Gasteiger partial charge in [-0.1, -0.05) is 31.2 Å². The number of fused-ring (bicyclic) bond motifs is 1. The summed E-state index contributed by atoms with van der Waals surface area (Å²) in [6, 6.07) is 7.73. The second kappa shape index (κ2) is 6.92. The van der Waals surface area contributed by atoms with Crippen LogP contribution < -0.4 is 10.6 Å². The van der Waals surface area contributed by atoms with E-state index in [1.54, 1.807) is 0 Å². The number of benzene rings is 1. The number of hydrogen-bond acceptors (Lipinski definition) is 3. The van der Waals surface area contributed by atoms with Gasteiger partial charge in [0.05, 0.1) is 12.1 Å². The lowest BCUT2D eigenvalue weighted by atomic mass is 10.1. The minimum Gasteiger partial charge on any atom is -0.390 e. The zero-order valence-electron chi connectivity index (χ0n) is 12.9. The molecule has 0 aromatic heterocycles. The molecule has 2 aliphatic carbocycles. The van der Waals surface area contributed by atoms with Crippen LogP contribution in [0.2, 0.25) is 0 Å². The topological polar surface area (TPSA) is 61.4 Å². The van der Waals surface area contributed by atoms with Crippen molar-refractivity contribution in [2.75, 3.05) is 5.75 Å². The highest BCUT2D eigenvalue weighted by Crippen LogP contribution is 2.32. The monoisotopic (exact) mass is 320 g/mol. The van der Waals surface area contributed by atoms with Gasteiger partial charge in [0.1, 0.15) is 0 Å². The second-order valence-corrected chi connectivity index (χ2v) is 7.73. The number of rotatable bonds is 4. The van der Waals surface area contributed by atoms with Crippen LogP contribution in [0.15, 0.2) is 24.3 Å². The summed E-state index contributed by atoms with van der Waals surface area (Å²) in [5.74, 6) is 1.13. The van der Waals surface area contributed by atoms with Crippen LogP contribution in [-0.2, 0) is 6.42 Å². The first-order valence-electron chi connectivity index (χ1n) is 8.12. The molecule has 4 nitrogen and oxygen atoms in total. The minimum atomic E-state index is -0.532. The predicted octanol–water partition coefficient (Wildman–Crippen LogP) is 2.62. The molecule has 0 saturated heterocycles. The molecular weight excluding hydrogens is 296 g/mol. The summed E-state index contributed by atoms with van der Waals surface area (Å²) in [7, 11) is 0. The number of aliphatic hydroxyl groups is 1. The molecule has 1 saturated carbocycles. The Kier molecular flexibility index (Phi) is 4.93. The van der Waals surface area contributed by atoms with Gasteiger partial charge in [-0.2, -0.15) is 11.8 Å². The second-order valence-electron chi connectivity index (χ2n) is 6.15. The molecule has 0 aliphatic heterocycles. The highest BCUT2D eigenvalue weighted by atomic mass is 32.2. The summed E-state index contributed by atoms with van der Waals surface area (Å²) >= 11 is 1.98. The molecule has 22 heavy (non-hydrogen) atoms. The lowest BCUT2D eigenvalue weighted by Gasteiger charge is -2.20. The zero-order chi connectivity index (χ0) is 15.5. The zero-order valence-corrected chi connectivity index (χ0v) is 13.7. The minimum absolute atomic E-state index is 0.159. The Hall–Kier alpha value is -1.20. The third-order valence-electron chi connectivity index (χ3n) is 4.61. The van der Waals surface area contributed by atoms with Crippen molar-refractivity contribution < 1.29 is 9.90 Å². The summed E-state index contributed by atoms with van der Waals surface area (Å²) in [6.45, 7) is 2.18. The molecule has 0 unspecified atom stereocenters. The van der Waals surface area contributed by atoms with Crippen LogP contribution in [0.4, 0.5) is 4.79 Å². The number of urea groups is 1. The summed E-state index contributed by atoms with van der Waals surface area (Å²) in [4.78, 5) is 12.2. The van der Waals surface area contributed by atoms with E-state index in [0.717, 1.165) is 29.7 Å². The number of carbonyl (C=O) groups excluding carboxylic acids is 1. The molecule has 0 spiro atoms. The van der Waals surface area contributed by atoms with E-state index in [2.05, 4.69) is 17.6 Å². The van der Waals surface area contributed by atoms with Crippen LogP contribution in [-0.4, -0.2) is 34.3 Å². The molecule has 2 aliphatic rings. The van der Waals surface area contributed by atoms with Gasteiger partial charge in [-0.3, -0.25) is 0 Å². The number of hydrogen-bond donors (Lipinski definition) is 3. The fraction of sp³-hybridized carbons (Fsp3) is 0.588. The van der Waals surface area contributed by atoms with Gasteiger partial charge in [0.15, 0.2) is 0 Å². The maximum absolute atomic E-state index is 12.2. The molecule has 5 heteroatoms. The summed E-state index contributed by atoms with van der Waals surface area (Å²) in [5.41, 5.74) is 2.16. The van der Waals surface area contributed by atoms with Gasteiger partial charge in [0.2, 0.25) is 0 Å². The summed E-state index contributed by atoms with van der Waals surface area (Å²) in [5, 5.41) is 16.9. The average molecular weight is 320 g/mol. The standard InChI is InChI=1S/C17H24N2O2S/c1-2-22-13-8-7-12(10-13)18-17(21)19-16-14-6-4-3-5-11(14)9-15(16)20/h3-6,12-13,15-16,20H,2,7-10H2,1H3,(H2,18,19,21)/t12-,13+,15-,16+/m1/s1. The Morgan fingerprint density at radius 2 is 2.14 bits per heavy atom. The third-order valence-corrected chi connectivity index (χ3v) is 5.85. The fourth-order valence-corrected chi connectivity index (χ4v) is 4.72. The van der Waals surface area contributed by atoms with E-state index >= 15 is 0 Å². The Balaban J connectivity index is 1.54. The molecule has 0 bridgehead atoms. The largest absolute Gasteiger partial charge is 0.390 e. The highest BCUT2D eigenvalue weighted by molar-refractivity contribution is 7.99. The lowest BCUT2D eigenvalue weighted by molar-refractivity contribution is 0.142. The first-order valence-corrected chi connectivity index (χ1v) is 9.16. The van der Waals surface area contributed by atoms with Crippen LogP contribution in [0.25, 0.3) is 0 Å². The van der Waals surface area contributed by atoms with Crippen molar-refractivity contribution in [3.05, 3.63) is 35.4 Å². The SMILES string of the molecule is CCS[C@H]1CC[C@@H](NC(=O)N[C@H]2c3ccccc3C[C@H]2O)C1. The summed E-state index contributed by atoms with van der Waals surface area (Å²) in [6.07, 6.45) is 3.36. The molecule has 1 aromatic carbocycles. The van der Waals surface area contributed by atoms with Crippen molar-refractivity contribution in [1.29, 1.82) is 0 Å². The molecule has 0 radical (unpaired) electrons. The third kappa shape index (κ3) is 3.41. The molecule has 4 atom stereocenters. The number of amides is 2. The lowest BCUT2D eigenvalue weighted by Crippen LogP contribution is -2.44. The Labute approximate surface area is 136 Å². The normalized spacial score (nSPS) is 30.1. The van der Waals surface area contributed by atoms with Gasteiger partial charge >= 0.3 is 6.03 Å². The molecular formula is C17H24N2O2S. The van der Waals surface area contributed by atoms with Crippen LogP contribution in [0.1, 0.15) is 43.4 Å². The van der Waals surface area contributed by atoms with Gasteiger partial charge in [-0.25, -0.2) is 4.79 Å². The average Bonchev–Trinajstić information content (AvgIpc) is 3.05. The molecule has 120 valence electrons. The van der Waals surface area contributed by atoms with E-state index < -0.39 is 6.10 Å². The van der Waals surface area contributed by atoms with Gasteiger partial charge in [-0.05, 0) is 36.1 Å². The molecule has 3 N–H and O–H groups in total. The maximum atomic E-state index is 12.2. The van der Waals surface area contributed by atoms with E-state index in [9.17, 15) is 9.90 Å². The predicted molar refractivity (Wildman–Crippen MR) is 90.1 cm³/mol. The van der Waals surface area contributed by atoms with Crippen LogP contribution in [0.3, 0.4) is 0 Å². The van der Waals surface area contributed by atoms with Gasteiger partial charge < -0.3 is 15.7 Å². The van der Waals surface area contributed by atoms with Crippen LogP contribution in [0.5, 0.6) is 0 Å². The molecule has 0 heterocycles. The smallest absolute Gasteiger partial charge is 0.315 e. The Bertz CT molecular complexity index is 537. The summed E-state index contributed by atoms with van der Waals surface area (Å²) < 4.78 is 0. The van der Waals surface area contributed by atoms with Crippen molar-refractivity contribution in [2.45, 2.75) is 56.0 Å². The van der Waals surface area contributed by atoms with Crippen molar-refractivity contribution in [3.63, 3.8) is 0 Å².